The lowest BCUT2D eigenvalue weighted by molar-refractivity contribution is -0.141. The van der Waals surface area contributed by atoms with Crippen LogP contribution in [0.25, 0.3) is 0 Å². The molecule has 4 heteroatoms. The molecule has 0 radical (unpaired) electrons. The number of rotatable bonds is 2. The van der Waals surface area contributed by atoms with Crippen LogP contribution >= 0.6 is 0 Å². The highest BCUT2D eigenvalue weighted by atomic mass is 16.5. The summed E-state index contributed by atoms with van der Waals surface area (Å²) in [4.78, 5) is 12.7. The monoisotopic (exact) mass is 168 g/mol. The zero-order valence-electron chi connectivity index (χ0n) is 7.12. The van der Waals surface area contributed by atoms with Gasteiger partial charge in [-0.2, -0.15) is 5.26 Å². The Morgan fingerprint density at radius 2 is 2.58 bits per heavy atom. The minimum absolute atomic E-state index is 0.0934. The second-order valence-corrected chi connectivity index (χ2v) is 2.83. The minimum Gasteiger partial charge on any atom is -0.468 e. The molecule has 1 rings (SSSR count). The predicted octanol–water partition coefficient (Wildman–Crippen LogP) is 0.147. The Morgan fingerprint density at radius 3 is 3.17 bits per heavy atom. The van der Waals surface area contributed by atoms with Crippen LogP contribution in [0.3, 0.4) is 0 Å². The van der Waals surface area contributed by atoms with E-state index in [0.29, 0.717) is 0 Å². The van der Waals surface area contributed by atoms with Gasteiger partial charge in [0.15, 0.2) is 0 Å². The molecule has 4 nitrogen and oxygen atoms in total. The first kappa shape index (κ1) is 9.01. The summed E-state index contributed by atoms with van der Waals surface area (Å²) in [5.41, 5.74) is 0. The molecular formula is C8H12N2O2. The quantitative estimate of drug-likeness (QED) is 0.551. The summed E-state index contributed by atoms with van der Waals surface area (Å²) in [7, 11) is 1.36. The number of hydrogen-bond donors (Lipinski definition) is 0. The van der Waals surface area contributed by atoms with Crippen LogP contribution in [-0.4, -0.2) is 37.1 Å². The number of carbonyl (C=O) groups excluding carboxylic acids is 1. The van der Waals surface area contributed by atoms with Crippen LogP contribution in [0.2, 0.25) is 0 Å². The molecule has 1 fully saturated rings. The fourth-order valence-electron chi connectivity index (χ4n) is 1.39. The first-order valence-corrected chi connectivity index (χ1v) is 3.98. The van der Waals surface area contributed by atoms with E-state index < -0.39 is 0 Å². The van der Waals surface area contributed by atoms with Crippen molar-refractivity contribution in [2.45, 2.75) is 18.9 Å². The lowest BCUT2D eigenvalue weighted by Gasteiger charge is -2.16. The molecule has 66 valence electrons. The fraction of sp³-hybridized carbons (Fsp3) is 0.750. The third kappa shape index (κ3) is 1.95. The Morgan fingerprint density at radius 1 is 1.83 bits per heavy atom. The van der Waals surface area contributed by atoms with Crippen molar-refractivity contribution in [1.82, 2.24) is 4.90 Å². The number of hydrogen-bond acceptors (Lipinski definition) is 4. The topological polar surface area (TPSA) is 53.3 Å². The average Bonchev–Trinajstić information content (AvgIpc) is 2.51. The molecule has 0 aliphatic carbocycles. The molecule has 0 bridgehead atoms. The first-order chi connectivity index (χ1) is 5.77. The standard InChI is InChI=1S/C8H12N2O2/c1-12-8(11)6-10-4-2-3-7(10)5-9/h7H,2-4,6H2,1H3. The largest absolute Gasteiger partial charge is 0.468 e. The summed E-state index contributed by atoms with van der Waals surface area (Å²) in [6, 6.07) is 2.07. The van der Waals surface area contributed by atoms with Crippen molar-refractivity contribution in [3.8, 4) is 6.07 Å². The maximum atomic E-state index is 10.9. The molecule has 1 aliphatic rings. The van der Waals surface area contributed by atoms with E-state index in [1.54, 1.807) is 0 Å². The van der Waals surface area contributed by atoms with Gasteiger partial charge in [-0.15, -0.1) is 0 Å². The van der Waals surface area contributed by atoms with Gasteiger partial charge in [0.1, 0.15) is 0 Å². The zero-order chi connectivity index (χ0) is 8.97. The average molecular weight is 168 g/mol. The SMILES string of the molecule is COC(=O)CN1CCCC1C#N. The van der Waals surface area contributed by atoms with Gasteiger partial charge in [0.2, 0.25) is 0 Å². The molecule has 1 heterocycles. The second-order valence-electron chi connectivity index (χ2n) is 2.83. The summed E-state index contributed by atoms with van der Waals surface area (Å²) in [6.45, 7) is 1.07. The number of methoxy groups -OCH3 is 1. The van der Waals surface area contributed by atoms with E-state index in [0.717, 1.165) is 19.4 Å². The Balaban J connectivity index is 2.42. The van der Waals surface area contributed by atoms with Crippen molar-refractivity contribution < 1.29 is 9.53 Å². The molecule has 1 aliphatic heterocycles. The zero-order valence-corrected chi connectivity index (χ0v) is 7.12. The smallest absolute Gasteiger partial charge is 0.319 e. The molecule has 12 heavy (non-hydrogen) atoms. The number of carbonyl (C=O) groups is 1. The molecule has 0 amide bonds. The van der Waals surface area contributed by atoms with Crippen molar-refractivity contribution in [3.63, 3.8) is 0 Å². The Bertz CT molecular complexity index is 210. The van der Waals surface area contributed by atoms with Crippen LogP contribution in [0.1, 0.15) is 12.8 Å². The molecule has 1 atom stereocenters. The van der Waals surface area contributed by atoms with Gasteiger partial charge in [0, 0.05) is 6.54 Å². The minimum atomic E-state index is -0.267. The molecule has 0 aromatic carbocycles. The highest BCUT2D eigenvalue weighted by Crippen LogP contribution is 2.15. The van der Waals surface area contributed by atoms with Crippen molar-refractivity contribution in [1.29, 1.82) is 5.26 Å². The summed E-state index contributed by atoms with van der Waals surface area (Å²) < 4.78 is 4.51. The molecule has 0 N–H and O–H groups in total. The van der Waals surface area contributed by atoms with E-state index in [1.165, 1.54) is 7.11 Å². The molecular weight excluding hydrogens is 156 g/mol. The normalized spacial score (nSPS) is 23.5. The van der Waals surface area contributed by atoms with Crippen LogP contribution < -0.4 is 0 Å². The maximum absolute atomic E-state index is 10.9. The second kappa shape index (κ2) is 4.07. The lowest BCUT2D eigenvalue weighted by Crippen LogP contribution is -2.33. The highest BCUT2D eigenvalue weighted by Gasteiger charge is 2.25. The molecule has 0 aromatic heterocycles. The van der Waals surface area contributed by atoms with Gasteiger partial charge in [0.05, 0.1) is 25.8 Å². The van der Waals surface area contributed by atoms with Gasteiger partial charge in [-0.25, -0.2) is 0 Å². The van der Waals surface area contributed by atoms with E-state index in [1.807, 2.05) is 4.90 Å². The third-order valence-corrected chi connectivity index (χ3v) is 2.07. The number of likely N-dealkylation sites (tertiary alicyclic amines) is 1. The van der Waals surface area contributed by atoms with Crippen LogP contribution in [0, 0.1) is 11.3 Å². The third-order valence-electron chi connectivity index (χ3n) is 2.07. The van der Waals surface area contributed by atoms with Gasteiger partial charge in [-0.3, -0.25) is 9.69 Å². The van der Waals surface area contributed by atoms with Gasteiger partial charge >= 0.3 is 5.97 Å². The summed E-state index contributed by atoms with van der Waals surface area (Å²) in [5.74, 6) is -0.267. The summed E-state index contributed by atoms with van der Waals surface area (Å²) in [6.07, 6.45) is 1.86. The van der Waals surface area contributed by atoms with E-state index in [4.69, 9.17) is 5.26 Å². The van der Waals surface area contributed by atoms with Crippen molar-refractivity contribution in [2.75, 3.05) is 20.2 Å². The first-order valence-electron chi connectivity index (χ1n) is 3.98. The van der Waals surface area contributed by atoms with E-state index in [9.17, 15) is 4.79 Å². The lowest BCUT2D eigenvalue weighted by atomic mass is 10.2. The molecule has 0 saturated carbocycles. The Labute approximate surface area is 71.7 Å². The van der Waals surface area contributed by atoms with Gasteiger partial charge in [-0.05, 0) is 12.8 Å². The number of esters is 1. The molecule has 1 unspecified atom stereocenters. The van der Waals surface area contributed by atoms with E-state index in [2.05, 4.69) is 10.8 Å². The molecule has 0 spiro atoms. The summed E-state index contributed by atoms with van der Waals surface area (Å²) in [5, 5.41) is 8.68. The van der Waals surface area contributed by atoms with E-state index in [-0.39, 0.29) is 18.6 Å². The number of ether oxygens (including phenoxy) is 1. The molecule has 0 aromatic rings. The molecule has 1 saturated heterocycles. The van der Waals surface area contributed by atoms with E-state index >= 15 is 0 Å². The fourth-order valence-corrected chi connectivity index (χ4v) is 1.39. The van der Waals surface area contributed by atoms with Gasteiger partial charge < -0.3 is 4.74 Å². The Kier molecular flexibility index (Phi) is 3.06. The van der Waals surface area contributed by atoms with Crippen LogP contribution in [0.15, 0.2) is 0 Å². The van der Waals surface area contributed by atoms with Crippen molar-refractivity contribution >= 4 is 5.97 Å². The van der Waals surface area contributed by atoms with Crippen LogP contribution in [0.4, 0.5) is 0 Å². The number of nitrogens with zero attached hydrogens (tertiary/aromatic N) is 2. The van der Waals surface area contributed by atoms with Gasteiger partial charge in [-0.1, -0.05) is 0 Å². The predicted molar refractivity (Wildman–Crippen MR) is 42.2 cm³/mol. The van der Waals surface area contributed by atoms with Crippen molar-refractivity contribution in [3.05, 3.63) is 0 Å². The van der Waals surface area contributed by atoms with Gasteiger partial charge in [0.25, 0.3) is 0 Å². The summed E-state index contributed by atoms with van der Waals surface area (Å²) >= 11 is 0. The van der Waals surface area contributed by atoms with Crippen LogP contribution in [0.5, 0.6) is 0 Å². The number of nitriles is 1. The maximum Gasteiger partial charge on any atom is 0.319 e. The Hall–Kier alpha value is -1.08. The highest BCUT2D eigenvalue weighted by molar-refractivity contribution is 5.71. The van der Waals surface area contributed by atoms with Crippen molar-refractivity contribution in [2.24, 2.45) is 0 Å². The van der Waals surface area contributed by atoms with Crippen LogP contribution in [-0.2, 0) is 9.53 Å².